The summed E-state index contributed by atoms with van der Waals surface area (Å²) in [5, 5.41) is 0. The van der Waals surface area contributed by atoms with Gasteiger partial charge in [0.15, 0.2) is 0 Å². The van der Waals surface area contributed by atoms with Crippen molar-refractivity contribution in [2.45, 2.75) is 11.8 Å². The largest absolute Gasteiger partial charge is 0.330 e. The summed E-state index contributed by atoms with van der Waals surface area (Å²) in [7, 11) is -2.62. The molecule has 0 fully saturated rings. The van der Waals surface area contributed by atoms with Crippen LogP contribution in [0.25, 0.3) is 0 Å². The van der Waals surface area contributed by atoms with Crippen LogP contribution in [0.15, 0.2) is 23.1 Å². The fraction of sp³-hybridized carbons (Fsp3) is 0.455. The van der Waals surface area contributed by atoms with E-state index in [-0.39, 0.29) is 12.5 Å². The lowest BCUT2D eigenvalue weighted by atomic mass is 10.2. The Kier molecular flexibility index (Phi) is 4.78. The van der Waals surface area contributed by atoms with Crippen molar-refractivity contribution in [2.24, 2.45) is 11.7 Å². The van der Waals surface area contributed by atoms with E-state index in [4.69, 9.17) is 5.73 Å². The van der Waals surface area contributed by atoms with Gasteiger partial charge in [0.25, 0.3) is 0 Å². The molecule has 0 heterocycles. The van der Waals surface area contributed by atoms with Gasteiger partial charge in [-0.3, -0.25) is 0 Å². The Morgan fingerprint density at radius 2 is 2.00 bits per heavy atom. The van der Waals surface area contributed by atoms with Crippen LogP contribution < -0.4 is 5.73 Å². The van der Waals surface area contributed by atoms with Crippen LogP contribution in [-0.4, -0.2) is 32.9 Å². The van der Waals surface area contributed by atoms with E-state index in [9.17, 15) is 17.2 Å². The normalized spacial score (nSPS) is 13.9. The summed E-state index contributed by atoms with van der Waals surface area (Å²) < 4.78 is 51.3. The third-order valence-corrected chi connectivity index (χ3v) is 4.41. The molecule has 1 unspecified atom stereocenters. The number of hydrogen-bond acceptors (Lipinski definition) is 3. The van der Waals surface area contributed by atoms with Crippen molar-refractivity contribution >= 4 is 10.0 Å². The lowest BCUT2D eigenvalue weighted by Gasteiger charge is -2.20. The first-order valence-electron chi connectivity index (χ1n) is 5.40. The van der Waals surface area contributed by atoms with Crippen molar-refractivity contribution in [1.29, 1.82) is 0 Å². The van der Waals surface area contributed by atoms with Gasteiger partial charge >= 0.3 is 0 Å². The lowest BCUT2D eigenvalue weighted by Crippen LogP contribution is -2.34. The maximum Gasteiger partial charge on any atom is 0.245 e. The Labute approximate surface area is 105 Å². The van der Waals surface area contributed by atoms with Gasteiger partial charge in [-0.25, -0.2) is 21.5 Å². The molecule has 0 radical (unpaired) electrons. The van der Waals surface area contributed by atoms with Crippen LogP contribution in [0.4, 0.5) is 8.78 Å². The van der Waals surface area contributed by atoms with E-state index in [1.807, 2.05) is 0 Å². The third kappa shape index (κ3) is 3.24. The second kappa shape index (κ2) is 5.73. The van der Waals surface area contributed by atoms with Crippen LogP contribution in [0.1, 0.15) is 6.92 Å². The monoisotopic (exact) mass is 278 g/mol. The maximum absolute atomic E-state index is 13.5. The highest BCUT2D eigenvalue weighted by molar-refractivity contribution is 7.89. The molecule has 0 saturated carbocycles. The van der Waals surface area contributed by atoms with Gasteiger partial charge in [-0.2, -0.15) is 0 Å². The van der Waals surface area contributed by atoms with Gasteiger partial charge in [-0.15, -0.1) is 0 Å². The topological polar surface area (TPSA) is 63.4 Å². The Hall–Kier alpha value is -1.05. The van der Waals surface area contributed by atoms with Crippen LogP contribution in [-0.2, 0) is 10.0 Å². The predicted molar refractivity (Wildman–Crippen MR) is 64.4 cm³/mol. The van der Waals surface area contributed by atoms with Crippen LogP contribution >= 0.6 is 0 Å². The van der Waals surface area contributed by atoms with Gasteiger partial charge < -0.3 is 5.73 Å². The van der Waals surface area contributed by atoms with Gasteiger partial charge in [0.2, 0.25) is 10.0 Å². The molecule has 1 atom stereocenters. The minimum atomic E-state index is -3.96. The first-order valence-corrected chi connectivity index (χ1v) is 6.84. The quantitative estimate of drug-likeness (QED) is 0.879. The lowest BCUT2D eigenvalue weighted by molar-refractivity contribution is 0.402. The molecule has 0 spiro atoms. The third-order valence-electron chi connectivity index (χ3n) is 2.55. The highest BCUT2D eigenvalue weighted by atomic mass is 32.2. The molecular weight excluding hydrogens is 262 g/mol. The molecule has 102 valence electrons. The Morgan fingerprint density at radius 3 is 2.50 bits per heavy atom. The molecular formula is C11H16F2N2O2S. The van der Waals surface area contributed by atoms with Gasteiger partial charge in [0.1, 0.15) is 16.5 Å². The number of rotatable bonds is 5. The average Bonchev–Trinajstić information content (AvgIpc) is 2.28. The minimum Gasteiger partial charge on any atom is -0.330 e. The summed E-state index contributed by atoms with van der Waals surface area (Å²) in [6, 6.07) is 2.38. The summed E-state index contributed by atoms with van der Waals surface area (Å²) >= 11 is 0. The first kappa shape index (κ1) is 15.0. The molecule has 0 aliphatic carbocycles. The SMILES string of the molecule is CC(CN)CN(C)S(=O)(=O)c1ccc(F)cc1F. The number of benzene rings is 1. The van der Waals surface area contributed by atoms with E-state index in [1.165, 1.54) is 7.05 Å². The van der Waals surface area contributed by atoms with Crippen molar-refractivity contribution in [3.63, 3.8) is 0 Å². The number of hydrogen-bond donors (Lipinski definition) is 1. The van der Waals surface area contributed by atoms with E-state index in [1.54, 1.807) is 6.92 Å². The molecule has 1 aromatic rings. The van der Waals surface area contributed by atoms with Crippen LogP contribution in [0.2, 0.25) is 0 Å². The summed E-state index contributed by atoms with van der Waals surface area (Å²) in [6.45, 7) is 2.29. The number of halogens is 2. The summed E-state index contributed by atoms with van der Waals surface area (Å²) in [5.41, 5.74) is 5.41. The highest BCUT2D eigenvalue weighted by Crippen LogP contribution is 2.19. The fourth-order valence-electron chi connectivity index (χ4n) is 1.46. The van der Waals surface area contributed by atoms with E-state index < -0.39 is 26.6 Å². The van der Waals surface area contributed by atoms with Crippen molar-refractivity contribution in [3.05, 3.63) is 29.8 Å². The Balaban J connectivity index is 3.06. The zero-order chi connectivity index (χ0) is 13.9. The molecule has 2 N–H and O–H groups in total. The van der Waals surface area contributed by atoms with Crippen molar-refractivity contribution in [3.8, 4) is 0 Å². The van der Waals surface area contributed by atoms with Crippen molar-refractivity contribution < 1.29 is 17.2 Å². The molecule has 7 heteroatoms. The molecule has 18 heavy (non-hydrogen) atoms. The van der Waals surface area contributed by atoms with Crippen LogP contribution in [0, 0.1) is 17.6 Å². The molecule has 0 aliphatic rings. The van der Waals surface area contributed by atoms with Gasteiger partial charge in [0, 0.05) is 19.7 Å². The fourth-order valence-corrected chi connectivity index (χ4v) is 2.80. The minimum absolute atomic E-state index is 0.0479. The second-order valence-corrected chi connectivity index (χ2v) is 6.21. The number of nitrogens with two attached hydrogens (primary N) is 1. The van der Waals surface area contributed by atoms with E-state index in [0.29, 0.717) is 12.6 Å². The highest BCUT2D eigenvalue weighted by Gasteiger charge is 2.25. The summed E-state index contributed by atoms with van der Waals surface area (Å²) in [4.78, 5) is -0.532. The maximum atomic E-state index is 13.5. The molecule has 1 rings (SSSR count). The molecule has 0 bridgehead atoms. The number of nitrogens with zero attached hydrogens (tertiary/aromatic N) is 1. The summed E-state index contributed by atoms with van der Waals surface area (Å²) in [6.07, 6.45) is 0. The standard InChI is InChI=1S/C11H16F2N2O2S/c1-8(6-14)7-15(2)18(16,17)11-4-3-9(12)5-10(11)13/h3-5,8H,6-7,14H2,1-2H3. The molecule has 1 aromatic carbocycles. The van der Waals surface area contributed by atoms with Crippen molar-refractivity contribution in [1.82, 2.24) is 4.31 Å². The average molecular weight is 278 g/mol. The smallest absolute Gasteiger partial charge is 0.245 e. The van der Waals surface area contributed by atoms with Crippen molar-refractivity contribution in [2.75, 3.05) is 20.1 Å². The number of sulfonamides is 1. The van der Waals surface area contributed by atoms with E-state index in [0.717, 1.165) is 16.4 Å². The molecule has 4 nitrogen and oxygen atoms in total. The Morgan fingerprint density at radius 1 is 1.39 bits per heavy atom. The van der Waals surface area contributed by atoms with Crippen LogP contribution in [0.5, 0.6) is 0 Å². The van der Waals surface area contributed by atoms with E-state index >= 15 is 0 Å². The van der Waals surface area contributed by atoms with E-state index in [2.05, 4.69) is 0 Å². The Bertz CT molecular complexity index is 520. The molecule has 0 saturated heterocycles. The summed E-state index contributed by atoms with van der Waals surface area (Å²) in [5.74, 6) is -1.96. The predicted octanol–water partition coefficient (Wildman–Crippen LogP) is 1.18. The second-order valence-electron chi connectivity index (χ2n) is 4.20. The van der Waals surface area contributed by atoms with Gasteiger partial charge in [-0.05, 0) is 24.6 Å². The van der Waals surface area contributed by atoms with Gasteiger partial charge in [-0.1, -0.05) is 6.92 Å². The van der Waals surface area contributed by atoms with Gasteiger partial charge in [0.05, 0.1) is 0 Å². The molecule has 0 amide bonds. The first-order chi connectivity index (χ1) is 8.28. The van der Waals surface area contributed by atoms with Crippen LogP contribution in [0.3, 0.4) is 0 Å². The zero-order valence-electron chi connectivity index (χ0n) is 10.2. The molecule has 0 aromatic heterocycles. The zero-order valence-corrected chi connectivity index (χ0v) is 11.0. The molecule has 0 aliphatic heterocycles.